The summed E-state index contributed by atoms with van der Waals surface area (Å²) in [4.78, 5) is 0. The van der Waals surface area contributed by atoms with E-state index in [2.05, 4.69) is 96.9 Å². The summed E-state index contributed by atoms with van der Waals surface area (Å²) in [7, 11) is 0. The van der Waals surface area contributed by atoms with Crippen molar-refractivity contribution in [2.45, 2.75) is 299 Å². The molecule has 4 aliphatic rings. The summed E-state index contributed by atoms with van der Waals surface area (Å²) in [5.41, 5.74) is 0.153. The fourth-order valence-electron chi connectivity index (χ4n) is 7.93. The molecule has 0 aromatic carbocycles. The number of alkyl halides is 2. The minimum absolute atomic E-state index is 0.00626. The van der Waals surface area contributed by atoms with Gasteiger partial charge in [-0.2, -0.15) is 0 Å². The van der Waals surface area contributed by atoms with Gasteiger partial charge in [-0.3, -0.25) is 0 Å². The smallest absolute Gasteiger partial charge is 0.0598 e. The molecule has 3 saturated carbocycles. The van der Waals surface area contributed by atoms with E-state index in [9.17, 15) is 0 Å². The van der Waals surface area contributed by atoms with Crippen LogP contribution in [0, 0.1) is 17.8 Å². The molecule has 1 saturated heterocycles. The number of ether oxygens (including phenoxy) is 5. The second-order valence-corrected chi connectivity index (χ2v) is 24.1. The zero-order valence-corrected chi connectivity index (χ0v) is 48.7. The molecular weight excluding hydrogens is 864 g/mol. The molecule has 1 aliphatic heterocycles. The van der Waals surface area contributed by atoms with Crippen LogP contribution in [0.3, 0.4) is 0 Å². The van der Waals surface area contributed by atoms with Gasteiger partial charge in [0.05, 0.1) is 22.4 Å². The Morgan fingerprint density at radius 1 is 0.394 bits per heavy atom. The van der Waals surface area contributed by atoms with Gasteiger partial charge in [0.15, 0.2) is 0 Å². The van der Waals surface area contributed by atoms with Gasteiger partial charge in [0, 0.05) is 58.0 Å². The first-order valence-electron chi connectivity index (χ1n) is 28.0. The summed E-state index contributed by atoms with van der Waals surface area (Å²) in [6.45, 7) is 35.5. The second-order valence-electron chi connectivity index (χ2n) is 23.3. The molecule has 66 heavy (non-hydrogen) atoms. The van der Waals surface area contributed by atoms with Gasteiger partial charge >= 0.3 is 0 Å². The van der Waals surface area contributed by atoms with Crippen LogP contribution in [0.1, 0.15) is 277 Å². The predicted molar refractivity (Wildman–Crippen MR) is 293 cm³/mol. The fraction of sp³-hybridized carbons (Fsp3) is 1.00. The van der Waals surface area contributed by atoms with Gasteiger partial charge < -0.3 is 28.8 Å². The van der Waals surface area contributed by atoms with E-state index in [0.717, 1.165) is 89.0 Å². The average Bonchev–Trinajstić information content (AvgIpc) is 4.09. The summed E-state index contributed by atoms with van der Waals surface area (Å²) in [5, 5.41) is 8.14. The van der Waals surface area contributed by atoms with Crippen molar-refractivity contribution in [2.24, 2.45) is 17.8 Å². The normalized spacial score (nSPS) is 16.9. The van der Waals surface area contributed by atoms with E-state index < -0.39 is 0 Å². The quantitative estimate of drug-likeness (QED) is 0.0861. The van der Waals surface area contributed by atoms with Crippen molar-refractivity contribution in [3.8, 4) is 0 Å². The van der Waals surface area contributed by atoms with Crippen LogP contribution in [0.15, 0.2) is 0 Å². The van der Waals surface area contributed by atoms with Crippen molar-refractivity contribution < 1.29 is 28.8 Å². The lowest BCUT2D eigenvalue weighted by atomic mass is 10.0. The van der Waals surface area contributed by atoms with Crippen molar-refractivity contribution in [1.82, 2.24) is 0 Å². The van der Waals surface area contributed by atoms with Crippen molar-refractivity contribution >= 4 is 23.2 Å². The summed E-state index contributed by atoms with van der Waals surface area (Å²) in [6, 6.07) is 0. The second kappa shape index (κ2) is 47.7. The molecule has 0 amide bonds. The number of hydrogen-bond acceptors (Lipinski definition) is 6. The van der Waals surface area contributed by atoms with Crippen LogP contribution in [-0.2, 0) is 23.7 Å². The van der Waals surface area contributed by atoms with Crippen molar-refractivity contribution in [2.75, 3.05) is 58.0 Å². The number of aliphatic hydroxyl groups is 1. The van der Waals surface area contributed by atoms with E-state index in [1.807, 2.05) is 0 Å². The van der Waals surface area contributed by atoms with Gasteiger partial charge in [0.25, 0.3) is 0 Å². The maximum Gasteiger partial charge on any atom is 0.0598 e. The van der Waals surface area contributed by atoms with Crippen LogP contribution in [-0.4, -0.2) is 85.5 Å². The third kappa shape index (κ3) is 64.3. The van der Waals surface area contributed by atoms with Gasteiger partial charge in [-0.15, -0.1) is 23.2 Å². The molecule has 6 nitrogen and oxygen atoms in total. The van der Waals surface area contributed by atoms with Crippen LogP contribution in [0.2, 0.25) is 0 Å². The Bertz CT molecular complexity index is 819. The van der Waals surface area contributed by atoms with Crippen LogP contribution in [0.4, 0.5) is 0 Å². The minimum atomic E-state index is 0.00626. The summed E-state index contributed by atoms with van der Waals surface area (Å²) >= 11 is 10.8. The van der Waals surface area contributed by atoms with Gasteiger partial charge in [-0.05, 0) is 159 Å². The van der Waals surface area contributed by atoms with Crippen LogP contribution < -0.4 is 0 Å². The van der Waals surface area contributed by atoms with Gasteiger partial charge in [0.2, 0.25) is 0 Å². The molecule has 0 bridgehead atoms. The Labute approximate surface area is 425 Å². The maximum absolute atomic E-state index is 8.14. The van der Waals surface area contributed by atoms with E-state index in [4.69, 9.17) is 52.0 Å². The molecular formula is C58H120Cl2O6. The van der Waals surface area contributed by atoms with E-state index in [-0.39, 0.29) is 29.0 Å². The monoisotopic (exact) mass is 983 g/mol. The van der Waals surface area contributed by atoms with Gasteiger partial charge in [0.1, 0.15) is 0 Å². The van der Waals surface area contributed by atoms with Crippen LogP contribution in [0.25, 0.3) is 0 Å². The number of halogens is 2. The third-order valence-electron chi connectivity index (χ3n) is 11.5. The zero-order chi connectivity index (χ0) is 50.4. The summed E-state index contributed by atoms with van der Waals surface area (Å²) < 4.78 is 27.5. The molecule has 402 valence electrons. The lowest BCUT2D eigenvalue weighted by molar-refractivity contribution is -0.00537. The highest BCUT2D eigenvalue weighted by atomic mass is 35.5. The number of unbranched alkanes of at least 4 members (excludes halogenated alkanes) is 5. The Kier molecular flexibility index (Phi) is 51.0. The fourth-order valence-corrected chi connectivity index (χ4v) is 8.31. The number of hydrogen-bond donors (Lipinski definition) is 1. The van der Waals surface area contributed by atoms with Crippen LogP contribution in [0.5, 0.6) is 0 Å². The molecule has 0 unspecified atom stereocenters. The highest BCUT2D eigenvalue weighted by Crippen LogP contribution is 2.31. The van der Waals surface area contributed by atoms with Gasteiger partial charge in [-0.1, -0.05) is 136 Å². The standard InChI is InChI=1S/3C13H26O.C8H17ClO.C4H9ClO.C4H8O.C3H8/c3*1-13(2,3)14-11-7-6-10-12-8-4-5-9-12;1-8(2,3)10-7-5-4-6-9;5-3-1-2-4-6;1-2-4-5-3-1;1-3-2/h3*12H,4-11H2,1-3H3;4-7H2,1-3H3;6H,1-4H2;1-4H2;3H2,1-2H3. The third-order valence-corrected chi connectivity index (χ3v) is 12.0. The van der Waals surface area contributed by atoms with Crippen molar-refractivity contribution in [3.05, 3.63) is 0 Å². The Morgan fingerprint density at radius 2 is 0.636 bits per heavy atom. The van der Waals surface area contributed by atoms with E-state index in [1.165, 1.54) is 154 Å². The molecule has 0 spiro atoms. The van der Waals surface area contributed by atoms with Crippen LogP contribution >= 0.6 is 23.2 Å². The Balaban J connectivity index is -0.000000734. The molecule has 4 rings (SSSR count). The Morgan fingerprint density at radius 3 is 0.818 bits per heavy atom. The zero-order valence-electron chi connectivity index (χ0n) is 47.1. The SMILES string of the molecule is C1CCOC1.CC(C)(C)OCCCCC1CCCC1.CC(C)(C)OCCCCC1CCCC1.CC(C)(C)OCCCCC1CCCC1.CC(C)(C)OCCCCCl.CCC.OCCCCCl. The first-order valence-corrected chi connectivity index (χ1v) is 29.1. The topological polar surface area (TPSA) is 66.4 Å². The summed E-state index contributed by atoms with van der Waals surface area (Å²) in [6.07, 6.45) is 37.6. The first kappa shape index (κ1) is 70.6. The predicted octanol–water partition coefficient (Wildman–Crippen LogP) is 18.5. The molecule has 0 atom stereocenters. The lowest BCUT2D eigenvalue weighted by Crippen LogP contribution is -2.19. The highest BCUT2D eigenvalue weighted by molar-refractivity contribution is 6.18. The molecule has 4 fully saturated rings. The van der Waals surface area contributed by atoms with E-state index in [0.29, 0.717) is 5.88 Å². The van der Waals surface area contributed by atoms with Crippen molar-refractivity contribution in [3.63, 3.8) is 0 Å². The number of aliphatic hydroxyl groups excluding tert-OH is 1. The first-order chi connectivity index (χ1) is 31.1. The molecule has 0 radical (unpaired) electrons. The average molecular weight is 984 g/mol. The molecule has 1 heterocycles. The Hall–Kier alpha value is 0.340. The molecule has 8 heteroatoms. The van der Waals surface area contributed by atoms with E-state index >= 15 is 0 Å². The highest BCUT2D eigenvalue weighted by Gasteiger charge is 2.17. The molecule has 3 aliphatic carbocycles. The molecule has 1 N–H and O–H groups in total. The minimum Gasteiger partial charge on any atom is -0.396 e. The summed E-state index contributed by atoms with van der Waals surface area (Å²) in [5.74, 6) is 4.55. The lowest BCUT2D eigenvalue weighted by Gasteiger charge is -2.19. The number of rotatable bonds is 22. The molecule has 0 aromatic rings. The molecule has 0 aromatic heterocycles. The van der Waals surface area contributed by atoms with Gasteiger partial charge in [-0.25, -0.2) is 0 Å². The maximum atomic E-state index is 8.14. The van der Waals surface area contributed by atoms with E-state index in [1.54, 1.807) is 0 Å². The van der Waals surface area contributed by atoms with Crippen molar-refractivity contribution in [1.29, 1.82) is 0 Å². The largest absolute Gasteiger partial charge is 0.396 e.